The highest BCUT2D eigenvalue weighted by atomic mass is 32.2. The minimum Gasteiger partial charge on any atom is -0.442 e. The van der Waals surface area contributed by atoms with Gasteiger partial charge in [0.05, 0.1) is 4.90 Å². The zero-order valence-electron chi connectivity index (χ0n) is 19.2. The maximum atomic E-state index is 13.7. The van der Waals surface area contributed by atoms with Crippen molar-refractivity contribution in [2.24, 2.45) is 5.92 Å². The molecule has 0 amide bonds. The Hall–Kier alpha value is -2.95. The number of allylic oxidation sites excluding steroid dienone is 1. The number of Topliss-reactive ketones (excluding diaryl/α,β-unsaturated/α-hetero) is 1. The molecular formula is C26H28O5SSi. The zero-order chi connectivity index (χ0) is 24.3. The first kappa shape index (κ1) is 24.7. The second kappa shape index (κ2) is 9.50. The molecule has 2 aromatic rings. The molecule has 0 fully saturated rings. The molecule has 1 unspecified atom stereocenters. The van der Waals surface area contributed by atoms with Gasteiger partial charge < -0.3 is 4.74 Å². The molecule has 0 bridgehead atoms. The van der Waals surface area contributed by atoms with E-state index >= 15 is 0 Å². The van der Waals surface area contributed by atoms with Crippen molar-refractivity contribution in [2.75, 3.05) is 0 Å². The smallest absolute Gasteiger partial charge is 0.304 e. The Morgan fingerprint density at radius 1 is 1.03 bits per heavy atom. The molecule has 0 saturated carbocycles. The van der Waals surface area contributed by atoms with Crippen LogP contribution in [0.2, 0.25) is 19.6 Å². The van der Waals surface area contributed by atoms with Crippen LogP contribution in [-0.4, -0.2) is 39.1 Å². The van der Waals surface area contributed by atoms with Crippen molar-refractivity contribution in [2.45, 2.75) is 48.7 Å². The van der Waals surface area contributed by atoms with Gasteiger partial charge in [0.15, 0.2) is 21.2 Å². The van der Waals surface area contributed by atoms with Crippen molar-refractivity contribution < 1.29 is 22.7 Å². The number of ether oxygens (including phenoxy) is 1. The first-order valence-electron chi connectivity index (χ1n) is 10.8. The molecule has 0 aromatic heterocycles. The summed E-state index contributed by atoms with van der Waals surface area (Å²) in [6.07, 6.45) is 3.39. The van der Waals surface area contributed by atoms with Crippen LogP contribution >= 0.6 is 0 Å². The summed E-state index contributed by atoms with van der Waals surface area (Å²) in [6, 6.07) is 16.4. The molecule has 0 spiro atoms. The van der Waals surface area contributed by atoms with E-state index in [1.165, 1.54) is 19.1 Å². The van der Waals surface area contributed by atoms with Crippen LogP contribution in [0.5, 0.6) is 0 Å². The molecule has 7 heteroatoms. The molecule has 0 saturated heterocycles. The molecule has 0 radical (unpaired) electrons. The lowest BCUT2D eigenvalue weighted by Crippen LogP contribution is -2.39. The van der Waals surface area contributed by atoms with Gasteiger partial charge in [-0.3, -0.25) is 9.59 Å². The van der Waals surface area contributed by atoms with Crippen LogP contribution in [0, 0.1) is 17.4 Å². The van der Waals surface area contributed by atoms with Gasteiger partial charge in [-0.25, -0.2) is 8.42 Å². The molecule has 172 valence electrons. The maximum absolute atomic E-state index is 13.7. The van der Waals surface area contributed by atoms with E-state index in [2.05, 4.69) is 31.1 Å². The Balaban J connectivity index is 2.08. The summed E-state index contributed by atoms with van der Waals surface area (Å²) in [6.45, 7) is 7.50. The second-order valence-electron chi connectivity index (χ2n) is 9.22. The lowest BCUT2D eigenvalue weighted by atomic mass is 9.93. The Morgan fingerprint density at radius 3 is 2.15 bits per heavy atom. The summed E-state index contributed by atoms with van der Waals surface area (Å²) in [5.74, 6) is 1.38. The van der Waals surface area contributed by atoms with Gasteiger partial charge in [-0.15, -0.1) is 5.54 Å². The van der Waals surface area contributed by atoms with Gasteiger partial charge in [-0.1, -0.05) is 80.2 Å². The van der Waals surface area contributed by atoms with Crippen LogP contribution in [-0.2, 0) is 19.4 Å². The van der Waals surface area contributed by atoms with Crippen LogP contribution in [0.3, 0.4) is 0 Å². The Kier molecular flexibility index (Phi) is 7.10. The Bertz CT molecular complexity index is 1220. The van der Waals surface area contributed by atoms with E-state index < -0.39 is 46.4 Å². The first-order valence-corrected chi connectivity index (χ1v) is 15.8. The highest BCUT2D eigenvalue weighted by Crippen LogP contribution is 2.38. The third-order valence-electron chi connectivity index (χ3n) is 5.24. The van der Waals surface area contributed by atoms with E-state index in [0.29, 0.717) is 5.56 Å². The SMILES string of the molecule is CC(=O)O[C@]1(C#C[Si](C)(C)C)C=C[C@H](C(C(=O)c2ccccc2)S(=O)(=O)c2ccccc2)C1. The third kappa shape index (κ3) is 5.89. The molecule has 0 N–H and O–H groups in total. The van der Waals surface area contributed by atoms with E-state index in [4.69, 9.17) is 4.74 Å². The number of sulfone groups is 1. The molecule has 1 aliphatic carbocycles. The molecule has 3 atom stereocenters. The van der Waals surface area contributed by atoms with Gasteiger partial charge >= 0.3 is 5.97 Å². The molecule has 5 nitrogen and oxygen atoms in total. The number of hydrogen-bond acceptors (Lipinski definition) is 5. The average molecular weight is 481 g/mol. The predicted octanol–water partition coefficient (Wildman–Crippen LogP) is 4.47. The summed E-state index contributed by atoms with van der Waals surface area (Å²) in [7, 11) is -5.84. The fourth-order valence-corrected chi connectivity index (χ4v) is 6.29. The highest BCUT2D eigenvalue weighted by molar-refractivity contribution is 7.92. The van der Waals surface area contributed by atoms with Gasteiger partial charge in [0.2, 0.25) is 0 Å². The average Bonchev–Trinajstić information content (AvgIpc) is 3.16. The Morgan fingerprint density at radius 2 is 1.61 bits per heavy atom. The molecule has 2 aromatic carbocycles. The lowest BCUT2D eigenvalue weighted by Gasteiger charge is -2.27. The number of esters is 1. The van der Waals surface area contributed by atoms with Gasteiger partial charge in [0.1, 0.15) is 13.3 Å². The van der Waals surface area contributed by atoms with Crippen LogP contribution in [0.25, 0.3) is 0 Å². The standard InChI is InChI=1S/C26H28O5SSi/c1-20(27)31-26(17-18-33(2,3)4)16-15-22(19-26)25(24(28)21-11-7-5-8-12-21)32(29,30)23-13-9-6-10-14-23/h5-16,22,25H,19H2,1-4H3/t22-,25?,26-/m0/s1. The highest BCUT2D eigenvalue weighted by Gasteiger charge is 2.47. The molecular weight excluding hydrogens is 452 g/mol. The number of hydrogen-bond donors (Lipinski definition) is 0. The van der Waals surface area contributed by atoms with Crippen molar-refractivity contribution in [1.82, 2.24) is 0 Å². The summed E-state index contributed by atoms with van der Waals surface area (Å²) >= 11 is 0. The number of carbonyl (C=O) groups excluding carboxylic acids is 2. The fraction of sp³-hybridized carbons (Fsp3) is 0.308. The lowest BCUT2D eigenvalue weighted by molar-refractivity contribution is -0.148. The predicted molar refractivity (Wildman–Crippen MR) is 131 cm³/mol. The van der Waals surface area contributed by atoms with E-state index in [1.807, 2.05) is 0 Å². The fourth-order valence-electron chi connectivity index (χ4n) is 3.81. The van der Waals surface area contributed by atoms with E-state index in [1.54, 1.807) is 60.7 Å². The summed E-state index contributed by atoms with van der Waals surface area (Å²) in [5, 5.41) is -1.37. The summed E-state index contributed by atoms with van der Waals surface area (Å²) < 4.78 is 33.0. The van der Waals surface area contributed by atoms with Crippen molar-refractivity contribution in [3.8, 4) is 11.5 Å². The molecule has 0 heterocycles. The molecule has 33 heavy (non-hydrogen) atoms. The van der Waals surface area contributed by atoms with Crippen LogP contribution in [0.15, 0.2) is 77.7 Å². The van der Waals surface area contributed by atoms with Crippen molar-refractivity contribution in [1.29, 1.82) is 0 Å². The van der Waals surface area contributed by atoms with Gasteiger partial charge in [-0.05, 0) is 18.2 Å². The van der Waals surface area contributed by atoms with Gasteiger partial charge in [0, 0.05) is 24.8 Å². The third-order valence-corrected chi connectivity index (χ3v) is 8.27. The van der Waals surface area contributed by atoms with Crippen molar-refractivity contribution in [3.05, 3.63) is 78.4 Å². The monoisotopic (exact) mass is 480 g/mol. The summed E-state index contributed by atoms with van der Waals surface area (Å²) in [5.41, 5.74) is 2.29. The van der Waals surface area contributed by atoms with E-state index in [-0.39, 0.29) is 11.3 Å². The molecule has 3 rings (SSSR count). The first-order chi connectivity index (χ1) is 15.4. The normalized spacial score (nSPS) is 21.0. The number of rotatable bonds is 6. The number of ketones is 1. The van der Waals surface area contributed by atoms with Crippen molar-refractivity contribution in [3.63, 3.8) is 0 Å². The van der Waals surface area contributed by atoms with Crippen LogP contribution < -0.4 is 0 Å². The zero-order valence-corrected chi connectivity index (χ0v) is 21.1. The summed E-state index contributed by atoms with van der Waals surface area (Å²) in [4.78, 5) is 25.5. The maximum Gasteiger partial charge on any atom is 0.304 e. The number of benzene rings is 2. The van der Waals surface area contributed by atoms with Gasteiger partial charge in [0.25, 0.3) is 0 Å². The van der Waals surface area contributed by atoms with Gasteiger partial charge in [-0.2, -0.15) is 0 Å². The minimum absolute atomic E-state index is 0.0749. The van der Waals surface area contributed by atoms with Crippen molar-refractivity contribution >= 4 is 29.7 Å². The van der Waals surface area contributed by atoms with E-state index in [9.17, 15) is 18.0 Å². The number of carbonyl (C=O) groups is 2. The minimum atomic E-state index is -4.03. The van der Waals surface area contributed by atoms with Crippen LogP contribution in [0.4, 0.5) is 0 Å². The Labute approximate surface area is 196 Å². The molecule has 1 aliphatic rings. The second-order valence-corrected chi connectivity index (χ2v) is 16.0. The molecule has 0 aliphatic heterocycles. The quantitative estimate of drug-likeness (QED) is 0.200. The van der Waals surface area contributed by atoms with Crippen LogP contribution in [0.1, 0.15) is 23.7 Å². The topological polar surface area (TPSA) is 77.5 Å². The van der Waals surface area contributed by atoms with E-state index in [0.717, 1.165) is 0 Å². The largest absolute Gasteiger partial charge is 0.442 e.